The zero-order valence-corrected chi connectivity index (χ0v) is 13.2. The number of piperidine rings is 1. The molecule has 1 saturated heterocycles. The minimum absolute atomic E-state index is 0.0276. The quantitative estimate of drug-likeness (QED) is 0.736. The molecule has 7 heteroatoms. The second-order valence-corrected chi connectivity index (χ2v) is 6.41. The number of rotatable bonds is 2. The van der Waals surface area contributed by atoms with Crippen LogP contribution in [0, 0.1) is 5.41 Å². The van der Waals surface area contributed by atoms with Gasteiger partial charge in [0.25, 0.3) is 5.92 Å². The molecular weight excluding hydrogens is 284 g/mol. The van der Waals surface area contributed by atoms with Crippen molar-refractivity contribution in [3.05, 3.63) is 0 Å². The van der Waals surface area contributed by atoms with Gasteiger partial charge in [0.2, 0.25) is 0 Å². The van der Waals surface area contributed by atoms with Crippen molar-refractivity contribution in [3.63, 3.8) is 0 Å². The summed E-state index contributed by atoms with van der Waals surface area (Å²) < 4.78 is 38.5. The van der Waals surface area contributed by atoms with E-state index in [1.165, 1.54) is 6.92 Å². The SMILES string of the molecule is CCOC(=O)C1(C)CCN(C(=O)OC(C)(C)C)CC1(F)F. The van der Waals surface area contributed by atoms with Crippen LogP contribution in [0.2, 0.25) is 0 Å². The third-order valence-corrected chi connectivity index (χ3v) is 3.46. The fourth-order valence-corrected chi connectivity index (χ4v) is 2.06. The van der Waals surface area contributed by atoms with Crippen LogP contribution in [0.1, 0.15) is 41.0 Å². The Morgan fingerprint density at radius 2 is 1.86 bits per heavy atom. The van der Waals surface area contributed by atoms with Gasteiger partial charge in [0.1, 0.15) is 11.0 Å². The molecule has 0 radical (unpaired) electrons. The maximum absolute atomic E-state index is 14.3. The van der Waals surface area contributed by atoms with Crippen LogP contribution in [0.3, 0.4) is 0 Å². The molecule has 21 heavy (non-hydrogen) atoms. The molecule has 1 rings (SSSR count). The van der Waals surface area contributed by atoms with Crippen LogP contribution in [-0.2, 0) is 14.3 Å². The van der Waals surface area contributed by atoms with Crippen LogP contribution in [0.5, 0.6) is 0 Å². The number of ether oxygens (including phenoxy) is 2. The number of amides is 1. The maximum Gasteiger partial charge on any atom is 0.410 e. The topological polar surface area (TPSA) is 55.8 Å². The minimum atomic E-state index is -3.37. The van der Waals surface area contributed by atoms with Crippen molar-refractivity contribution in [1.29, 1.82) is 0 Å². The Kier molecular flexibility index (Phi) is 4.85. The molecule has 0 aromatic rings. The Bertz CT molecular complexity index is 420. The number of halogens is 2. The summed E-state index contributed by atoms with van der Waals surface area (Å²) in [5.74, 6) is -4.30. The Hall–Kier alpha value is -1.40. The van der Waals surface area contributed by atoms with Gasteiger partial charge in [0.15, 0.2) is 0 Å². The van der Waals surface area contributed by atoms with Gasteiger partial charge in [-0.25, -0.2) is 13.6 Å². The number of carbonyl (C=O) groups is 2. The predicted molar refractivity (Wildman–Crippen MR) is 72.1 cm³/mol. The first-order valence-electron chi connectivity index (χ1n) is 6.96. The van der Waals surface area contributed by atoms with Crippen LogP contribution < -0.4 is 0 Å². The third-order valence-electron chi connectivity index (χ3n) is 3.46. The number of esters is 1. The smallest absolute Gasteiger partial charge is 0.410 e. The molecule has 5 nitrogen and oxygen atoms in total. The highest BCUT2D eigenvalue weighted by atomic mass is 19.3. The molecule has 0 bridgehead atoms. The predicted octanol–water partition coefficient (Wildman–Crippen LogP) is 2.83. The Balaban J connectivity index is 2.83. The summed E-state index contributed by atoms with van der Waals surface area (Å²) in [6.45, 7) is 6.95. The van der Waals surface area contributed by atoms with Crippen LogP contribution in [0.15, 0.2) is 0 Å². The third kappa shape index (κ3) is 3.83. The van der Waals surface area contributed by atoms with Crippen LogP contribution in [0.4, 0.5) is 13.6 Å². The highest BCUT2D eigenvalue weighted by Crippen LogP contribution is 2.44. The molecule has 1 aliphatic heterocycles. The van der Waals surface area contributed by atoms with Gasteiger partial charge < -0.3 is 14.4 Å². The van der Waals surface area contributed by atoms with Crippen molar-refractivity contribution in [1.82, 2.24) is 4.90 Å². The second kappa shape index (κ2) is 5.77. The molecule has 0 aromatic carbocycles. The number of alkyl halides is 2. The normalized spacial score (nSPS) is 25.4. The number of hydrogen-bond acceptors (Lipinski definition) is 4. The van der Waals surface area contributed by atoms with Crippen LogP contribution in [0.25, 0.3) is 0 Å². The Morgan fingerprint density at radius 1 is 1.29 bits per heavy atom. The summed E-state index contributed by atoms with van der Waals surface area (Å²) in [5.41, 5.74) is -2.67. The summed E-state index contributed by atoms with van der Waals surface area (Å²) in [5, 5.41) is 0. The number of likely N-dealkylation sites (tertiary alicyclic amines) is 1. The second-order valence-electron chi connectivity index (χ2n) is 6.41. The van der Waals surface area contributed by atoms with E-state index >= 15 is 0 Å². The molecule has 122 valence electrons. The van der Waals surface area contributed by atoms with Gasteiger partial charge in [0.05, 0.1) is 13.2 Å². The average molecular weight is 307 g/mol. The van der Waals surface area contributed by atoms with Gasteiger partial charge in [-0.2, -0.15) is 0 Å². The van der Waals surface area contributed by atoms with E-state index in [0.29, 0.717) is 0 Å². The zero-order chi connectivity index (χ0) is 16.5. The lowest BCUT2D eigenvalue weighted by molar-refractivity contribution is -0.196. The first kappa shape index (κ1) is 17.7. The molecular formula is C14H23F2NO4. The van der Waals surface area contributed by atoms with Crippen LogP contribution in [-0.4, -0.2) is 48.2 Å². The number of hydrogen-bond donors (Lipinski definition) is 0. The van der Waals surface area contributed by atoms with Gasteiger partial charge in [0, 0.05) is 6.54 Å². The largest absolute Gasteiger partial charge is 0.465 e. The molecule has 1 amide bonds. The number of nitrogens with zero attached hydrogens (tertiary/aromatic N) is 1. The molecule has 0 saturated carbocycles. The summed E-state index contributed by atoms with van der Waals surface area (Å²) in [6.07, 6.45) is -0.967. The summed E-state index contributed by atoms with van der Waals surface area (Å²) >= 11 is 0. The lowest BCUT2D eigenvalue weighted by atomic mass is 9.77. The van der Waals surface area contributed by atoms with Crippen molar-refractivity contribution in [3.8, 4) is 0 Å². The fraction of sp³-hybridized carbons (Fsp3) is 0.857. The van der Waals surface area contributed by atoms with Gasteiger partial charge in [-0.1, -0.05) is 0 Å². The minimum Gasteiger partial charge on any atom is -0.465 e. The van der Waals surface area contributed by atoms with Crippen LogP contribution >= 0.6 is 0 Å². The highest BCUT2D eigenvalue weighted by Gasteiger charge is 2.60. The van der Waals surface area contributed by atoms with E-state index in [9.17, 15) is 18.4 Å². The van der Waals surface area contributed by atoms with E-state index in [0.717, 1.165) is 4.90 Å². The van der Waals surface area contributed by atoms with E-state index in [-0.39, 0.29) is 19.6 Å². The maximum atomic E-state index is 14.3. The fourth-order valence-electron chi connectivity index (χ4n) is 2.06. The van der Waals surface area contributed by atoms with Crippen molar-refractivity contribution in [2.24, 2.45) is 5.41 Å². The molecule has 1 fully saturated rings. The lowest BCUT2D eigenvalue weighted by Crippen LogP contribution is -2.59. The lowest BCUT2D eigenvalue weighted by Gasteiger charge is -2.43. The average Bonchev–Trinajstić information content (AvgIpc) is 2.30. The Labute approximate surface area is 123 Å². The molecule has 0 aromatic heterocycles. The van der Waals surface area contributed by atoms with E-state index in [1.54, 1.807) is 27.7 Å². The van der Waals surface area contributed by atoms with Crippen molar-refractivity contribution < 1.29 is 27.8 Å². The molecule has 1 atom stereocenters. The molecule has 1 aliphatic rings. The van der Waals surface area contributed by atoms with E-state index in [4.69, 9.17) is 9.47 Å². The van der Waals surface area contributed by atoms with Crippen molar-refractivity contribution in [2.75, 3.05) is 19.7 Å². The first-order valence-corrected chi connectivity index (χ1v) is 6.96. The monoisotopic (exact) mass is 307 g/mol. The van der Waals surface area contributed by atoms with Crippen molar-refractivity contribution >= 4 is 12.1 Å². The summed E-state index contributed by atoms with van der Waals surface area (Å²) in [6, 6.07) is 0. The van der Waals surface area contributed by atoms with E-state index < -0.39 is 35.5 Å². The molecule has 0 aliphatic carbocycles. The standard InChI is InChI=1S/C14H23F2NO4/c1-6-20-10(18)13(5)7-8-17(9-14(13,15)16)11(19)21-12(2,3)4/h6-9H2,1-5H3. The molecule has 0 spiro atoms. The zero-order valence-electron chi connectivity index (χ0n) is 13.2. The Morgan fingerprint density at radius 3 is 2.29 bits per heavy atom. The number of carbonyl (C=O) groups excluding carboxylic acids is 2. The van der Waals surface area contributed by atoms with Gasteiger partial charge in [-0.3, -0.25) is 4.79 Å². The van der Waals surface area contributed by atoms with Gasteiger partial charge >= 0.3 is 12.1 Å². The van der Waals surface area contributed by atoms with E-state index in [2.05, 4.69) is 0 Å². The summed E-state index contributed by atoms with van der Waals surface area (Å²) in [4.78, 5) is 24.6. The molecule has 1 unspecified atom stereocenters. The summed E-state index contributed by atoms with van der Waals surface area (Å²) in [7, 11) is 0. The van der Waals surface area contributed by atoms with Gasteiger partial charge in [-0.15, -0.1) is 0 Å². The van der Waals surface area contributed by atoms with Crippen molar-refractivity contribution in [2.45, 2.75) is 52.6 Å². The highest BCUT2D eigenvalue weighted by molar-refractivity contribution is 5.78. The molecule has 0 N–H and O–H groups in total. The van der Waals surface area contributed by atoms with E-state index in [1.807, 2.05) is 0 Å². The molecule has 1 heterocycles. The first-order chi connectivity index (χ1) is 9.43. The van der Waals surface area contributed by atoms with Gasteiger partial charge in [-0.05, 0) is 41.0 Å².